The fourth-order valence-electron chi connectivity index (χ4n) is 4.97. The number of fused-ring (bicyclic) bond motifs is 5. The molecule has 1 heterocycles. The number of methoxy groups -OCH3 is 1. The molecule has 4 nitrogen and oxygen atoms in total. The molecule has 0 amide bonds. The van der Waals surface area contributed by atoms with Gasteiger partial charge in [0, 0.05) is 6.54 Å². The smallest absolute Gasteiger partial charge is 0.243 e. The van der Waals surface area contributed by atoms with E-state index in [0.717, 1.165) is 40.8 Å². The zero-order valence-electron chi connectivity index (χ0n) is 17.2. The third kappa shape index (κ3) is 3.04. The van der Waals surface area contributed by atoms with Crippen molar-refractivity contribution in [1.29, 1.82) is 0 Å². The molecule has 3 aromatic rings. The number of ether oxygens (including phenoxy) is 1. The van der Waals surface area contributed by atoms with Crippen LogP contribution in [0.15, 0.2) is 71.6 Å². The zero-order valence-corrected chi connectivity index (χ0v) is 18.0. The maximum absolute atomic E-state index is 13.5. The second-order valence-electron chi connectivity index (χ2n) is 8.19. The van der Waals surface area contributed by atoms with Crippen LogP contribution in [-0.2, 0) is 10.0 Å². The van der Waals surface area contributed by atoms with E-state index in [4.69, 9.17) is 4.74 Å². The highest BCUT2D eigenvalue weighted by molar-refractivity contribution is 7.89. The van der Waals surface area contributed by atoms with Crippen molar-refractivity contribution in [2.24, 2.45) is 0 Å². The van der Waals surface area contributed by atoms with Gasteiger partial charge >= 0.3 is 0 Å². The summed E-state index contributed by atoms with van der Waals surface area (Å²) in [7, 11) is -1.88. The topological polar surface area (TPSA) is 46.6 Å². The van der Waals surface area contributed by atoms with Gasteiger partial charge in [0.25, 0.3) is 0 Å². The minimum Gasteiger partial charge on any atom is -0.497 e. The Morgan fingerprint density at radius 1 is 0.933 bits per heavy atom. The average Bonchev–Trinajstić information content (AvgIpc) is 3.04. The van der Waals surface area contributed by atoms with E-state index >= 15 is 0 Å². The van der Waals surface area contributed by atoms with Crippen molar-refractivity contribution in [2.45, 2.75) is 36.6 Å². The third-order valence-corrected chi connectivity index (χ3v) is 8.61. The molecule has 2 aliphatic rings. The Morgan fingerprint density at radius 2 is 1.67 bits per heavy atom. The first-order valence-corrected chi connectivity index (χ1v) is 11.8. The van der Waals surface area contributed by atoms with Crippen LogP contribution in [0.25, 0.3) is 11.1 Å². The number of hydrogen-bond acceptors (Lipinski definition) is 3. The predicted molar refractivity (Wildman–Crippen MR) is 118 cm³/mol. The summed E-state index contributed by atoms with van der Waals surface area (Å²) in [5, 5.41) is 0. The van der Waals surface area contributed by atoms with Gasteiger partial charge < -0.3 is 4.74 Å². The number of benzene rings is 3. The summed E-state index contributed by atoms with van der Waals surface area (Å²) < 4.78 is 34.1. The van der Waals surface area contributed by atoms with Crippen molar-refractivity contribution >= 4 is 10.0 Å². The minimum atomic E-state index is -3.54. The second kappa shape index (κ2) is 7.25. The molecule has 1 saturated heterocycles. The Bertz CT molecular complexity index is 1200. The molecule has 5 heteroatoms. The molecule has 5 rings (SSSR count). The number of aryl methyl sites for hydroxylation is 1. The molecule has 1 aliphatic heterocycles. The lowest BCUT2D eigenvalue weighted by Gasteiger charge is -2.33. The quantitative estimate of drug-likeness (QED) is 0.577. The van der Waals surface area contributed by atoms with Crippen LogP contribution in [0.5, 0.6) is 5.75 Å². The summed E-state index contributed by atoms with van der Waals surface area (Å²) in [6.07, 6.45) is 1.74. The maximum atomic E-state index is 13.5. The van der Waals surface area contributed by atoms with Gasteiger partial charge in [-0.1, -0.05) is 42.5 Å². The van der Waals surface area contributed by atoms with Gasteiger partial charge in [0.15, 0.2) is 0 Å². The summed E-state index contributed by atoms with van der Waals surface area (Å²) >= 11 is 0. The van der Waals surface area contributed by atoms with Crippen molar-refractivity contribution in [3.05, 3.63) is 83.4 Å². The van der Waals surface area contributed by atoms with Crippen LogP contribution < -0.4 is 4.74 Å². The molecule has 2 atom stereocenters. The summed E-state index contributed by atoms with van der Waals surface area (Å²) in [5.74, 6) is 1.27. The summed E-state index contributed by atoms with van der Waals surface area (Å²) in [6.45, 7) is 2.43. The molecule has 1 aliphatic carbocycles. The van der Waals surface area contributed by atoms with E-state index in [0.29, 0.717) is 17.4 Å². The van der Waals surface area contributed by atoms with Gasteiger partial charge in [-0.05, 0) is 77.8 Å². The van der Waals surface area contributed by atoms with Gasteiger partial charge in [0.2, 0.25) is 10.0 Å². The largest absolute Gasteiger partial charge is 0.497 e. The lowest BCUT2D eigenvalue weighted by molar-refractivity contribution is 0.259. The van der Waals surface area contributed by atoms with Crippen LogP contribution in [0.4, 0.5) is 0 Å². The van der Waals surface area contributed by atoms with Gasteiger partial charge in [-0.25, -0.2) is 8.42 Å². The molecule has 0 saturated carbocycles. The highest BCUT2D eigenvalue weighted by atomic mass is 32.2. The monoisotopic (exact) mass is 419 g/mol. The highest BCUT2D eigenvalue weighted by Crippen LogP contribution is 2.51. The Morgan fingerprint density at radius 3 is 2.40 bits per heavy atom. The number of rotatable bonds is 4. The van der Waals surface area contributed by atoms with Crippen LogP contribution >= 0.6 is 0 Å². The Labute approximate surface area is 178 Å². The Kier molecular flexibility index (Phi) is 4.68. The van der Waals surface area contributed by atoms with Gasteiger partial charge in [0.1, 0.15) is 5.75 Å². The first-order chi connectivity index (χ1) is 14.5. The van der Waals surface area contributed by atoms with Crippen LogP contribution in [0.2, 0.25) is 0 Å². The van der Waals surface area contributed by atoms with E-state index in [1.807, 2.05) is 43.3 Å². The van der Waals surface area contributed by atoms with Crippen LogP contribution in [0.3, 0.4) is 0 Å². The SMILES string of the molecule is COc1ccc(-c2ccc3c(c2)[C@H]2CC3CCN2S(=O)(=O)c2ccccc2C)cc1. The third-order valence-electron chi connectivity index (χ3n) is 6.54. The summed E-state index contributed by atoms with van der Waals surface area (Å²) in [4.78, 5) is 0.420. The van der Waals surface area contributed by atoms with E-state index in [1.54, 1.807) is 23.5 Å². The molecule has 30 heavy (non-hydrogen) atoms. The first kappa shape index (κ1) is 19.3. The lowest BCUT2D eigenvalue weighted by atomic mass is 9.95. The zero-order chi connectivity index (χ0) is 20.9. The normalized spacial score (nSPS) is 20.7. The Balaban J connectivity index is 1.55. The number of piperidine rings is 1. The molecular weight excluding hydrogens is 394 g/mol. The molecule has 0 spiro atoms. The summed E-state index contributed by atoms with van der Waals surface area (Å²) in [5.41, 5.74) is 5.47. The molecule has 0 aromatic heterocycles. The standard InChI is InChI=1S/C25H25NO3S/c1-17-5-3-4-6-25(17)30(27,28)26-14-13-20-16-24(26)23-15-19(9-12-22(20)23)18-7-10-21(29-2)11-8-18/h3-12,15,20,24H,13-14,16H2,1-2H3/t20?,24-/m1/s1. The first-order valence-electron chi connectivity index (χ1n) is 10.3. The van der Waals surface area contributed by atoms with Gasteiger partial charge in [-0.15, -0.1) is 0 Å². The lowest BCUT2D eigenvalue weighted by Crippen LogP contribution is -2.37. The van der Waals surface area contributed by atoms with E-state index in [9.17, 15) is 8.42 Å². The van der Waals surface area contributed by atoms with Crippen molar-refractivity contribution < 1.29 is 13.2 Å². The fraction of sp³-hybridized carbons (Fsp3) is 0.280. The van der Waals surface area contributed by atoms with E-state index in [2.05, 4.69) is 18.2 Å². The predicted octanol–water partition coefficient (Wildman–Crippen LogP) is 5.29. The van der Waals surface area contributed by atoms with E-state index in [-0.39, 0.29) is 6.04 Å². The molecule has 1 fully saturated rings. The second-order valence-corrected chi connectivity index (χ2v) is 10.0. The van der Waals surface area contributed by atoms with Crippen molar-refractivity contribution in [3.8, 4) is 16.9 Å². The van der Waals surface area contributed by atoms with Crippen LogP contribution in [0.1, 0.15) is 41.5 Å². The fourth-order valence-corrected chi connectivity index (χ4v) is 6.82. The minimum absolute atomic E-state index is 0.0958. The molecule has 2 bridgehead atoms. The molecule has 154 valence electrons. The molecule has 0 radical (unpaired) electrons. The van der Waals surface area contributed by atoms with Gasteiger partial charge in [-0.3, -0.25) is 0 Å². The number of nitrogens with zero attached hydrogens (tertiary/aromatic N) is 1. The van der Waals surface area contributed by atoms with Crippen molar-refractivity contribution in [2.75, 3.05) is 13.7 Å². The maximum Gasteiger partial charge on any atom is 0.243 e. The molecule has 1 unspecified atom stereocenters. The van der Waals surface area contributed by atoms with Crippen molar-refractivity contribution in [1.82, 2.24) is 4.31 Å². The van der Waals surface area contributed by atoms with E-state index in [1.165, 1.54) is 5.56 Å². The van der Waals surface area contributed by atoms with Gasteiger partial charge in [-0.2, -0.15) is 4.31 Å². The molecular formula is C25H25NO3S. The highest BCUT2D eigenvalue weighted by Gasteiger charge is 2.44. The number of sulfonamides is 1. The van der Waals surface area contributed by atoms with Crippen molar-refractivity contribution in [3.63, 3.8) is 0 Å². The number of hydrogen-bond donors (Lipinski definition) is 0. The molecule has 3 aromatic carbocycles. The molecule has 0 N–H and O–H groups in total. The average molecular weight is 420 g/mol. The van der Waals surface area contributed by atoms with Gasteiger partial charge in [0.05, 0.1) is 18.0 Å². The van der Waals surface area contributed by atoms with Crippen LogP contribution in [0, 0.1) is 6.92 Å². The van der Waals surface area contributed by atoms with Crippen LogP contribution in [-0.4, -0.2) is 26.4 Å². The Hall–Kier alpha value is -2.63. The summed E-state index contributed by atoms with van der Waals surface area (Å²) in [6, 6.07) is 21.7. The van der Waals surface area contributed by atoms with E-state index < -0.39 is 10.0 Å².